The number of halogens is 3. The van der Waals surface area contributed by atoms with Crippen LogP contribution < -0.4 is 9.47 Å². The van der Waals surface area contributed by atoms with Gasteiger partial charge in [0.15, 0.2) is 6.10 Å². The van der Waals surface area contributed by atoms with Gasteiger partial charge >= 0.3 is 18.2 Å². The number of carboxylic acids is 1. The first-order chi connectivity index (χ1) is 18.6. The molecule has 39 heavy (non-hydrogen) atoms. The van der Waals surface area contributed by atoms with Crippen LogP contribution in [0.2, 0.25) is 0 Å². The predicted octanol–water partition coefficient (Wildman–Crippen LogP) is 6.54. The van der Waals surface area contributed by atoms with E-state index in [4.69, 9.17) is 14.2 Å². The summed E-state index contributed by atoms with van der Waals surface area (Å²) in [6.45, 7) is 4.94. The molecule has 0 spiro atoms. The van der Waals surface area contributed by atoms with Gasteiger partial charge in [0, 0.05) is 25.3 Å². The third-order valence-electron chi connectivity index (χ3n) is 5.66. The van der Waals surface area contributed by atoms with Gasteiger partial charge in [-0.05, 0) is 61.1 Å². The van der Waals surface area contributed by atoms with Gasteiger partial charge in [0.1, 0.15) is 18.1 Å². The van der Waals surface area contributed by atoms with Crippen molar-refractivity contribution in [3.05, 3.63) is 59.7 Å². The number of amides is 1. The van der Waals surface area contributed by atoms with Gasteiger partial charge in [-0.2, -0.15) is 24.9 Å². The molecule has 0 radical (unpaired) electrons. The van der Waals surface area contributed by atoms with Crippen molar-refractivity contribution in [2.75, 3.05) is 37.8 Å². The maximum atomic E-state index is 12.8. The molecule has 1 N–H and O–H groups in total. The molecule has 1 atom stereocenters. The van der Waals surface area contributed by atoms with Gasteiger partial charge in [-0.25, -0.2) is 9.59 Å². The van der Waals surface area contributed by atoms with Crippen molar-refractivity contribution in [2.24, 2.45) is 0 Å². The molecule has 0 bridgehead atoms. The molecule has 0 heterocycles. The second-order valence-corrected chi connectivity index (χ2v) is 9.90. The maximum absolute atomic E-state index is 12.8. The van der Waals surface area contributed by atoms with Crippen LogP contribution in [-0.4, -0.2) is 66.0 Å². The lowest BCUT2D eigenvalue weighted by Gasteiger charge is -2.22. The molecule has 0 saturated carbocycles. The topological polar surface area (TPSA) is 85.3 Å². The number of nitrogens with zero attached hydrogens (tertiary/aromatic N) is 1. The number of carboxylic acid groups (broad SMARTS) is 1. The van der Waals surface area contributed by atoms with Crippen LogP contribution in [0.5, 0.6) is 11.5 Å². The van der Waals surface area contributed by atoms with Crippen LogP contribution in [0.4, 0.5) is 18.0 Å². The fourth-order valence-electron chi connectivity index (χ4n) is 3.53. The number of rotatable bonds is 17. The molecule has 7 nitrogen and oxygen atoms in total. The van der Waals surface area contributed by atoms with Gasteiger partial charge in [0.05, 0.1) is 12.1 Å². The number of aliphatic carboxylic acids is 1. The van der Waals surface area contributed by atoms with Crippen LogP contribution in [0.1, 0.15) is 44.2 Å². The Morgan fingerprint density at radius 2 is 1.62 bits per heavy atom. The molecule has 0 saturated heterocycles. The van der Waals surface area contributed by atoms with Crippen LogP contribution >= 0.6 is 11.8 Å². The van der Waals surface area contributed by atoms with E-state index in [2.05, 4.69) is 6.92 Å². The minimum Gasteiger partial charge on any atom is -0.492 e. The number of ether oxygens (including phenoxy) is 3. The number of thioether (sulfide) groups is 1. The number of hydrogen-bond donors (Lipinski definition) is 1. The largest absolute Gasteiger partial charge is 0.492 e. The van der Waals surface area contributed by atoms with Crippen molar-refractivity contribution >= 4 is 23.8 Å². The molecule has 1 amide bonds. The molecule has 0 aliphatic carbocycles. The first-order valence-corrected chi connectivity index (χ1v) is 14.1. The summed E-state index contributed by atoms with van der Waals surface area (Å²) in [6.07, 6.45) is -2.49. The van der Waals surface area contributed by atoms with E-state index in [1.54, 1.807) is 43.0 Å². The summed E-state index contributed by atoms with van der Waals surface area (Å²) in [4.78, 5) is 25.6. The van der Waals surface area contributed by atoms with Gasteiger partial charge in [-0.15, -0.1) is 0 Å². The average molecular weight is 572 g/mol. The smallest absolute Gasteiger partial charge is 0.416 e. The number of unbranched alkanes of at least 4 members (excludes halogenated alkanes) is 2. The monoisotopic (exact) mass is 571 g/mol. The van der Waals surface area contributed by atoms with Crippen LogP contribution in [0.3, 0.4) is 0 Å². The number of hydrogen-bond acceptors (Lipinski definition) is 6. The lowest BCUT2D eigenvalue weighted by atomic mass is 10.1. The van der Waals surface area contributed by atoms with Gasteiger partial charge in [0.25, 0.3) is 0 Å². The molecule has 0 aromatic heterocycles. The summed E-state index contributed by atoms with van der Waals surface area (Å²) >= 11 is 1.72. The first-order valence-electron chi connectivity index (χ1n) is 12.9. The Morgan fingerprint density at radius 1 is 0.949 bits per heavy atom. The van der Waals surface area contributed by atoms with Gasteiger partial charge in [-0.1, -0.05) is 31.9 Å². The van der Waals surface area contributed by atoms with Gasteiger partial charge in [-0.3, -0.25) is 0 Å². The Hall–Kier alpha value is -2.92. The number of carbonyl (C=O) groups excluding carboxylic acids is 1. The fourth-order valence-corrected chi connectivity index (χ4v) is 4.49. The minimum absolute atomic E-state index is 0.0248. The average Bonchev–Trinajstić information content (AvgIpc) is 2.90. The van der Waals surface area contributed by atoms with Gasteiger partial charge < -0.3 is 24.2 Å². The Bertz CT molecular complexity index is 1000. The van der Waals surface area contributed by atoms with E-state index in [1.165, 1.54) is 4.90 Å². The second kappa shape index (κ2) is 16.9. The molecule has 2 rings (SSSR count). The second-order valence-electron chi connectivity index (χ2n) is 8.68. The van der Waals surface area contributed by atoms with Crippen LogP contribution in [0, 0.1) is 0 Å². The van der Waals surface area contributed by atoms with E-state index in [9.17, 15) is 27.9 Å². The molecule has 0 fully saturated rings. The highest BCUT2D eigenvalue weighted by Gasteiger charge is 2.30. The van der Waals surface area contributed by atoms with Crippen LogP contribution in [-0.2, 0) is 22.1 Å². The molecular formula is C28H36F3NO6S. The van der Waals surface area contributed by atoms with Crippen molar-refractivity contribution < 1.29 is 42.1 Å². The number of alkyl halides is 3. The minimum atomic E-state index is -4.47. The third kappa shape index (κ3) is 12.2. The molecule has 0 aliphatic rings. The Labute approximate surface area is 231 Å². The molecular weight excluding hydrogens is 535 g/mol. The Morgan fingerprint density at radius 3 is 2.21 bits per heavy atom. The SMILES string of the molecule is CCCCCSCCN(CCOc1ccc(CC(OCC)C(=O)O)cc1)C(=O)Oc1ccc(C(F)(F)F)cc1. The summed E-state index contributed by atoms with van der Waals surface area (Å²) in [5.41, 5.74) is -0.0385. The maximum Gasteiger partial charge on any atom is 0.416 e. The molecule has 0 aliphatic heterocycles. The first kappa shape index (κ1) is 32.3. The highest BCUT2D eigenvalue weighted by atomic mass is 32.2. The van der Waals surface area contributed by atoms with Crippen molar-refractivity contribution in [1.29, 1.82) is 0 Å². The molecule has 1 unspecified atom stereocenters. The van der Waals surface area contributed by atoms with E-state index < -0.39 is 29.9 Å². The van der Waals surface area contributed by atoms with Crippen molar-refractivity contribution in [3.8, 4) is 11.5 Å². The van der Waals surface area contributed by atoms with Crippen molar-refractivity contribution in [2.45, 2.75) is 51.8 Å². The van der Waals surface area contributed by atoms with E-state index in [0.717, 1.165) is 54.8 Å². The van der Waals surface area contributed by atoms with E-state index >= 15 is 0 Å². The zero-order chi connectivity index (χ0) is 28.7. The third-order valence-corrected chi connectivity index (χ3v) is 6.71. The summed E-state index contributed by atoms with van der Waals surface area (Å²) < 4.78 is 54.8. The van der Waals surface area contributed by atoms with Crippen molar-refractivity contribution in [1.82, 2.24) is 4.90 Å². The van der Waals surface area contributed by atoms with Crippen LogP contribution in [0.15, 0.2) is 48.5 Å². The molecule has 11 heteroatoms. The molecule has 2 aromatic rings. The zero-order valence-electron chi connectivity index (χ0n) is 22.2. The lowest BCUT2D eigenvalue weighted by Crippen LogP contribution is -2.38. The quantitative estimate of drug-likeness (QED) is 0.216. The van der Waals surface area contributed by atoms with Crippen molar-refractivity contribution in [3.63, 3.8) is 0 Å². The lowest BCUT2D eigenvalue weighted by molar-refractivity contribution is -0.150. The summed E-state index contributed by atoms with van der Waals surface area (Å²) in [5, 5.41) is 9.25. The molecule has 216 valence electrons. The van der Waals surface area contributed by atoms with Gasteiger partial charge in [0.2, 0.25) is 0 Å². The van der Waals surface area contributed by atoms with E-state index in [1.807, 2.05) is 0 Å². The normalized spacial score (nSPS) is 12.1. The number of benzene rings is 2. The summed E-state index contributed by atoms with van der Waals surface area (Å²) in [6, 6.07) is 10.9. The fraction of sp³-hybridized carbons (Fsp3) is 0.500. The predicted molar refractivity (Wildman–Crippen MR) is 145 cm³/mol. The molecule has 2 aromatic carbocycles. The Kier molecular flexibility index (Phi) is 14.0. The van der Waals surface area contributed by atoms with E-state index in [-0.39, 0.29) is 25.3 Å². The highest BCUT2D eigenvalue weighted by Crippen LogP contribution is 2.30. The summed E-state index contributed by atoms with van der Waals surface area (Å²) in [5.74, 6) is 1.21. The zero-order valence-corrected chi connectivity index (χ0v) is 23.1. The Balaban J connectivity index is 1.94. The van der Waals surface area contributed by atoms with Crippen LogP contribution in [0.25, 0.3) is 0 Å². The summed E-state index contributed by atoms with van der Waals surface area (Å²) in [7, 11) is 0. The highest BCUT2D eigenvalue weighted by molar-refractivity contribution is 7.99. The standard InChI is InChI=1S/C28H36F3NO6S/c1-3-5-6-18-39-19-16-32(27(35)38-24-13-9-22(10-14-24)28(29,30)31)15-17-37-23-11-7-21(8-12-23)20-25(26(33)34)36-4-2/h7-14,25H,3-6,15-20H2,1-2H3,(H,33,34). The van der Waals surface area contributed by atoms with E-state index in [0.29, 0.717) is 24.7 Å². The number of carbonyl (C=O) groups is 2.